The summed E-state index contributed by atoms with van der Waals surface area (Å²) in [4.78, 5) is 23.5. The molecule has 1 aromatic heterocycles. The molecule has 0 aliphatic heterocycles. The highest BCUT2D eigenvalue weighted by molar-refractivity contribution is 9.10. The zero-order chi connectivity index (χ0) is 25.1. The van der Waals surface area contributed by atoms with Crippen molar-refractivity contribution in [3.8, 4) is 17.0 Å². The van der Waals surface area contributed by atoms with Crippen LogP contribution in [0.4, 0.5) is 5.82 Å². The number of amides is 1. The van der Waals surface area contributed by atoms with Gasteiger partial charge in [0.25, 0.3) is 0 Å². The summed E-state index contributed by atoms with van der Waals surface area (Å²) in [5.74, 6) is 3.46. The lowest BCUT2D eigenvalue weighted by atomic mass is 9.48. The van der Waals surface area contributed by atoms with Gasteiger partial charge in [0.15, 0.2) is 5.82 Å². The Kier molecular flexibility index (Phi) is 5.65. The van der Waals surface area contributed by atoms with E-state index in [9.17, 15) is 9.90 Å². The number of nitrogens with zero attached hydrogens (tertiary/aromatic N) is 2. The zero-order valence-electron chi connectivity index (χ0n) is 21.0. The molecule has 3 aromatic rings. The molecule has 5 aliphatic carbocycles. The Morgan fingerprint density at radius 2 is 1.68 bits per heavy atom. The molecule has 0 unspecified atom stereocenters. The van der Waals surface area contributed by atoms with E-state index in [1.807, 2.05) is 36.4 Å². The number of phenolic OH excluding ortho intramolecular Hbond substituents is 1. The Hall–Kier alpha value is -2.73. The minimum absolute atomic E-state index is 0.0514. The van der Waals surface area contributed by atoms with Crippen LogP contribution >= 0.6 is 15.9 Å². The molecule has 1 amide bonds. The van der Waals surface area contributed by atoms with Crippen molar-refractivity contribution in [3.63, 3.8) is 0 Å². The summed E-state index contributed by atoms with van der Waals surface area (Å²) >= 11 is 3.47. The maximum atomic E-state index is 13.2. The molecule has 190 valence electrons. The van der Waals surface area contributed by atoms with Crippen LogP contribution in [0.3, 0.4) is 0 Å². The van der Waals surface area contributed by atoms with Crippen molar-refractivity contribution >= 4 is 27.7 Å². The maximum absolute atomic E-state index is 13.2. The van der Waals surface area contributed by atoms with Gasteiger partial charge in [-0.05, 0) is 122 Å². The van der Waals surface area contributed by atoms with Crippen LogP contribution in [0.25, 0.3) is 11.3 Å². The van der Waals surface area contributed by atoms with Gasteiger partial charge in [0, 0.05) is 10.0 Å². The second-order valence-corrected chi connectivity index (χ2v) is 13.0. The van der Waals surface area contributed by atoms with Crippen molar-refractivity contribution in [2.45, 2.75) is 64.2 Å². The third-order valence-corrected chi connectivity index (χ3v) is 9.79. The molecule has 5 nitrogen and oxygen atoms in total. The standard InChI is InChI=1S/C31H32BrN3O2/c32-23-4-1-18(2-5-23)12-28(37)35-30-27(17-31-14-19-9-20(15-31)11-21(10-19)16-31)33-29-25-7-6-24(36)13-22(25)3-8-26(29)34-30/h1-2,4-7,13,19-21,36H,3,8-12,14-17H2,(H,34,35,37). The zero-order valence-corrected chi connectivity index (χ0v) is 22.6. The number of hydrogen-bond donors (Lipinski definition) is 2. The number of aryl methyl sites for hydroxylation is 2. The van der Waals surface area contributed by atoms with E-state index in [4.69, 9.17) is 9.97 Å². The first kappa shape index (κ1) is 23.4. The second-order valence-electron chi connectivity index (χ2n) is 12.1. The van der Waals surface area contributed by atoms with E-state index >= 15 is 0 Å². The number of aromatic nitrogens is 2. The molecular weight excluding hydrogens is 526 g/mol. The number of anilines is 1. The molecular formula is C31H32BrN3O2. The van der Waals surface area contributed by atoms with E-state index in [0.29, 0.717) is 18.0 Å². The number of rotatable bonds is 5. The summed E-state index contributed by atoms with van der Waals surface area (Å²) in [6.45, 7) is 0. The lowest BCUT2D eigenvalue weighted by molar-refractivity contribution is -0.115. The summed E-state index contributed by atoms with van der Waals surface area (Å²) < 4.78 is 1.00. The number of halogens is 1. The first-order chi connectivity index (χ1) is 17.9. The van der Waals surface area contributed by atoms with E-state index in [-0.39, 0.29) is 11.3 Å². The number of carbonyl (C=O) groups is 1. The van der Waals surface area contributed by atoms with Crippen molar-refractivity contribution in [2.75, 3.05) is 5.32 Å². The van der Waals surface area contributed by atoms with Crippen LogP contribution in [0.2, 0.25) is 0 Å². The summed E-state index contributed by atoms with van der Waals surface area (Å²) in [5.41, 5.74) is 6.24. The third kappa shape index (κ3) is 4.47. The topological polar surface area (TPSA) is 75.1 Å². The van der Waals surface area contributed by atoms with Crippen LogP contribution in [0.15, 0.2) is 46.9 Å². The second kappa shape index (κ2) is 8.93. The minimum atomic E-state index is -0.0514. The van der Waals surface area contributed by atoms with E-state index in [2.05, 4.69) is 21.2 Å². The summed E-state index contributed by atoms with van der Waals surface area (Å²) in [7, 11) is 0. The SMILES string of the molecule is O=C(Cc1ccc(Br)cc1)Nc1nc2c(nc1CC13CC4CC(CC(C4)C1)C3)-c1ccc(O)cc1CC2. The van der Waals surface area contributed by atoms with Gasteiger partial charge in [0.1, 0.15) is 5.75 Å². The molecule has 6 heteroatoms. The van der Waals surface area contributed by atoms with Gasteiger partial charge in [0.05, 0.1) is 23.5 Å². The van der Waals surface area contributed by atoms with Crippen LogP contribution in [-0.2, 0) is 30.5 Å². The van der Waals surface area contributed by atoms with E-state index in [0.717, 1.165) is 75.3 Å². The van der Waals surface area contributed by atoms with Crippen molar-refractivity contribution in [1.29, 1.82) is 0 Å². The predicted molar refractivity (Wildman–Crippen MR) is 147 cm³/mol. The lowest BCUT2D eigenvalue weighted by Gasteiger charge is -2.57. The van der Waals surface area contributed by atoms with Crippen LogP contribution in [-0.4, -0.2) is 21.0 Å². The number of phenols is 1. The van der Waals surface area contributed by atoms with Crippen molar-refractivity contribution in [2.24, 2.45) is 23.2 Å². The number of carbonyl (C=O) groups excluding carboxylic acids is 1. The summed E-state index contributed by atoms with van der Waals surface area (Å²) in [6, 6.07) is 13.5. The van der Waals surface area contributed by atoms with Gasteiger partial charge in [0.2, 0.25) is 5.91 Å². The van der Waals surface area contributed by atoms with Crippen molar-refractivity contribution in [3.05, 3.63) is 69.5 Å². The van der Waals surface area contributed by atoms with Gasteiger partial charge >= 0.3 is 0 Å². The molecule has 0 spiro atoms. The van der Waals surface area contributed by atoms with Crippen LogP contribution < -0.4 is 5.32 Å². The van der Waals surface area contributed by atoms with Crippen LogP contribution in [0.5, 0.6) is 5.75 Å². The smallest absolute Gasteiger partial charge is 0.229 e. The molecule has 2 N–H and O–H groups in total. The van der Waals surface area contributed by atoms with Crippen LogP contribution in [0.1, 0.15) is 61.0 Å². The largest absolute Gasteiger partial charge is 0.508 e. The Bertz CT molecular complexity index is 1350. The minimum Gasteiger partial charge on any atom is -0.508 e. The first-order valence-corrected chi connectivity index (χ1v) is 14.5. The number of aromatic hydroxyl groups is 1. The Morgan fingerprint density at radius 1 is 0.973 bits per heavy atom. The van der Waals surface area contributed by atoms with E-state index < -0.39 is 0 Å². The number of benzene rings is 2. The van der Waals surface area contributed by atoms with Crippen molar-refractivity contribution < 1.29 is 9.90 Å². The predicted octanol–water partition coefficient (Wildman–Crippen LogP) is 6.65. The Balaban J connectivity index is 1.24. The van der Waals surface area contributed by atoms with E-state index in [1.54, 1.807) is 6.07 Å². The third-order valence-electron chi connectivity index (χ3n) is 9.26. The van der Waals surface area contributed by atoms with Gasteiger partial charge in [-0.25, -0.2) is 9.97 Å². The summed E-state index contributed by atoms with van der Waals surface area (Å²) in [5, 5.41) is 13.2. The molecule has 4 fully saturated rings. The van der Waals surface area contributed by atoms with Crippen molar-refractivity contribution in [1.82, 2.24) is 9.97 Å². The molecule has 0 saturated heterocycles. The monoisotopic (exact) mass is 557 g/mol. The van der Waals surface area contributed by atoms with Gasteiger partial charge in [-0.2, -0.15) is 0 Å². The Morgan fingerprint density at radius 3 is 2.38 bits per heavy atom. The normalized spacial score (nSPS) is 27.0. The highest BCUT2D eigenvalue weighted by Gasteiger charge is 2.51. The molecule has 0 atom stereocenters. The molecule has 37 heavy (non-hydrogen) atoms. The molecule has 4 saturated carbocycles. The number of nitrogens with one attached hydrogen (secondary N) is 1. The lowest BCUT2D eigenvalue weighted by Crippen LogP contribution is -2.47. The average molecular weight is 559 g/mol. The molecule has 1 heterocycles. The Labute approximate surface area is 226 Å². The fourth-order valence-electron chi connectivity index (χ4n) is 8.21. The van der Waals surface area contributed by atoms with Crippen LogP contribution in [0, 0.1) is 23.2 Å². The average Bonchev–Trinajstić information content (AvgIpc) is 2.84. The van der Waals surface area contributed by atoms with Gasteiger partial charge in [-0.15, -0.1) is 0 Å². The fraction of sp³-hybridized carbons (Fsp3) is 0.452. The molecule has 2 aromatic carbocycles. The highest BCUT2D eigenvalue weighted by Crippen LogP contribution is 2.61. The molecule has 4 bridgehead atoms. The summed E-state index contributed by atoms with van der Waals surface area (Å²) in [6.07, 6.45) is 10.8. The van der Waals surface area contributed by atoms with Gasteiger partial charge < -0.3 is 10.4 Å². The molecule has 0 radical (unpaired) electrons. The highest BCUT2D eigenvalue weighted by atomic mass is 79.9. The van der Waals surface area contributed by atoms with E-state index in [1.165, 1.54) is 38.5 Å². The molecule has 8 rings (SSSR count). The maximum Gasteiger partial charge on any atom is 0.229 e. The van der Waals surface area contributed by atoms with Gasteiger partial charge in [-0.1, -0.05) is 28.1 Å². The number of hydrogen-bond acceptors (Lipinski definition) is 4. The first-order valence-electron chi connectivity index (χ1n) is 13.7. The molecule has 5 aliphatic rings. The number of fused-ring (bicyclic) bond motifs is 3. The fourth-order valence-corrected chi connectivity index (χ4v) is 8.48. The van der Waals surface area contributed by atoms with Gasteiger partial charge in [-0.3, -0.25) is 4.79 Å². The quantitative estimate of drug-likeness (QED) is 0.368.